The molecule has 1 atom stereocenters. The number of fused-ring (bicyclic) bond motifs is 1. The van der Waals surface area contributed by atoms with Crippen molar-refractivity contribution in [3.05, 3.63) is 108 Å². The number of phenols is 1. The Kier molecular flexibility index (Phi) is 5.09. The highest BCUT2D eigenvalue weighted by Gasteiger charge is 2.26. The van der Waals surface area contributed by atoms with E-state index in [1.54, 1.807) is 30.3 Å². The van der Waals surface area contributed by atoms with Crippen molar-refractivity contribution < 1.29 is 13.5 Å². The van der Waals surface area contributed by atoms with Crippen LogP contribution in [0.4, 0.5) is 0 Å². The molecule has 0 aliphatic heterocycles. The molecule has 4 rings (SSSR count). The van der Waals surface area contributed by atoms with Crippen LogP contribution in [0.15, 0.2) is 95.9 Å². The van der Waals surface area contributed by atoms with Gasteiger partial charge in [-0.25, -0.2) is 8.42 Å². The Balaban J connectivity index is 1.89. The average molecular weight is 404 g/mol. The molecule has 0 aliphatic rings. The molecule has 4 nitrogen and oxygen atoms in total. The average Bonchev–Trinajstić information content (AvgIpc) is 2.73. The summed E-state index contributed by atoms with van der Waals surface area (Å²) in [7, 11) is -3.82. The van der Waals surface area contributed by atoms with Crippen LogP contribution < -0.4 is 4.72 Å². The number of sulfonamides is 1. The summed E-state index contributed by atoms with van der Waals surface area (Å²) in [5.41, 5.74) is 2.26. The molecule has 0 saturated heterocycles. The summed E-state index contributed by atoms with van der Waals surface area (Å²) in [4.78, 5) is 0.184. The smallest absolute Gasteiger partial charge is 0.241 e. The van der Waals surface area contributed by atoms with Crippen molar-refractivity contribution in [3.8, 4) is 5.75 Å². The highest BCUT2D eigenvalue weighted by molar-refractivity contribution is 7.89. The van der Waals surface area contributed by atoms with E-state index in [4.69, 9.17) is 0 Å². The molecule has 0 bridgehead atoms. The molecule has 4 aromatic rings. The summed E-state index contributed by atoms with van der Waals surface area (Å²) >= 11 is 0. The molecular weight excluding hydrogens is 382 g/mol. The molecule has 0 heterocycles. The molecule has 5 heteroatoms. The van der Waals surface area contributed by atoms with Crippen molar-refractivity contribution in [1.82, 2.24) is 4.72 Å². The number of benzene rings is 4. The fourth-order valence-electron chi connectivity index (χ4n) is 3.47. The fraction of sp³-hybridized carbons (Fsp3) is 0.0833. The third-order valence-corrected chi connectivity index (χ3v) is 6.41. The zero-order valence-corrected chi connectivity index (χ0v) is 16.7. The van der Waals surface area contributed by atoms with Gasteiger partial charge in [-0.3, -0.25) is 0 Å². The summed E-state index contributed by atoms with van der Waals surface area (Å²) in [6.45, 7) is 1.91. The Morgan fingerprint density at radius 3 is 2.17 bits per heavy atom. The molecular formula is C24H21NO3S. The molecule has 0 amide bonds. The van der Waals surface area contributed by atoms with Crippen molar-refractivity contribution >= 4 is 20.8 Å². The molecule has 0 aliphatic carbocycles. The first kappa shape index (κ1) is 19.2. The standard InChI is InChI=1S/C24H21NO3S/c1-17-11-14-20(15-12-17)29(27,28)25-24(19-8-3-2-4-9-19)23-21-10-6-5-7-18(21)13-16-22(23)26/h2-16,24-26H,1H3. The van der Waals surface area contributed by atoms with Crippen LogP contribution in [0.3, 0.4) is 0 Å². The van der Waals surface area contributed by atoms with Gasteiger partial charge >= 0.3 is 0 Å². The molecule has 0 spiro atoms. The molecule has 146 valence electrons. The summed E-state index contributed by atoms with van der Waals surface area (Å²) in [6.07, 6.45) is 0. The number of hydrogen-bond donors (Lipinski definition) is 2. The molecule has 29 heavy (non-hydrogen) atoms. The molecule has 1 unspecified atom stereocenters. The van der Waals surface area contributed by atoms with Gasteiger partial charge in [-0.2, -0.15) is 4.72 Å². The maximum atomic E-state index is 13.2. The van der Waals surface area contributed by atoms with E-state index in [2.05, 4.69) is 4.72 Å². The van der Waals surface area contributed by atoms with Gasteiger partial charge in [0.25, 0.3) is 0 Å². The summed E-state index contributed by atoms with van der Waals surface area (Å²) in [5, 5.41) is 12.4. The Morgan fingerprint density at radius 1 is 0.793 bits per heavy atom. The maximum Gasteiger partial charge on any atom is 0.241 e. The summed E-state index contributed by atoms with van der Waals surface area (Å²) in [6, 6.07) is 26.3. The van der Waals surface area contributed by atoms with Crippen molar-refractivity contribution in [2.45, 2.75) is 17.9 Å². The minimum absolute atomic E-state index is 0.0455. The first-order valence-electron chi connectivity index (χ1n) is 9.30. The minimum Gasteiger partial charge on any atom is -0.508 e. The third kappa shape index (κ3) is 3.88. The molecule has 2 N–H and O–H groups in total. The maximum absolute atomic E-state index is 13.2. The second kappa shape index (κ2) is 7.70. The van der Waals surface area contributed by atoms with Crippen molar-refractivity contribution in [2.75, 3.05) is 0 Å². The van der Waals surface area contributed by atoms with Gasteiger partial charge in [-0.05, 0) is 41.5 Å². The Bertz CT molecular complexity index is 1250. The Morgan fingerprint density at radius 2 is 1.45 bits per heavy atom. The van der Waals surface area contributed by atoms with Gasteiger partial charge in [0.05, 0.1) is 10.9 Å². The first-order chi connectivity index (χ1) is 14.0. The quantitative estimate of drug-likeness (QED) is 0.497. The summed E-state index contributed by atoms with van der Waals surface area (Å²) < 4.78 is 29.1. The van der Waals surface area contributed by atoms with Gasteiger partial charge in [0.2, 0.25) is 10.0 Å². The second-order valence-electron chi connectivity index (χ2n) is 7.00. The van der Waals surface area contributed by atoms with Crippen LogP contribution in [0.1, 0.15) is 22.7 Å². The molecule has 0 aromatic heterocycles. The van der Waals surface area contributed by atoms with Gasteiger partial charge < -0.3 is 5.11 Å². The van der Waals surface area contributed by atoms with Crippen molar-refractivity contribution in [2.24, 2.45) is 0 Å². The van der Waals surface area contributed by atoms with E-state index in [9.17, 15) is 13.5 Å². The zero-order valence-electron chi connectivity index (χ0n) is 15.9. The highest BCUT2D eigenvalue weighted by atomic mass is 32.2. The normalized spacial score (nSPS) is 12.7. The van der Waals surface area contributed by atoms with E-state index >= 15 is 0 Å². The van der Waals surface area contributed by atoms with Crippen LogP contribution in [-0.2, 0) is 10.0 Å². The van der Waals surface area contributed by atoms with Crippen LogP contribution >= 0.6 is 0 Å². The molecule has 0 saturated carbocycles. The third-order valence-electron chi connectivity index (χ3n) is 4.97. The van der Waals surface area contributed by atoms with Crippen LogP contribution in [0.2, 0.25) is 0 Å². The van der Waals surface area contributed by atoms with E-state index in [1.807, 2.05) is 67.6 Å². The topological polar surface area (TPSA) is 66.4 Å². The van der Waals surface area contributed by atoms with Crippen LogP contribution in [0.25, 0.3) is 10.8 Å². The predicted molar refractivity (Wildman–Crippen MR) is 115 cm³/mol. The Hall–Kier alpha value is -3.15. The van der Waals surface area contributed by atoms with Gasteiger partial charge in [0.15, 0.2) is 0 Å². The number of hydrogen-bond acceptors (Lipinski definition) is 3. The fourth-order valence-corrected chi connectivity index (χ4v) is 4.66. The SMILES string of the molecule is Cc1ccc(S(=O)(=O)NC(c2ccccc2)c2c(O)ccc3ccccc23)cc1. The van der Waals surface area contributed by atoms with E-state index in [0.29, 0.717) is 5.56 Å². The lowest BCUT2D eigenvalue weighted by atomic mass is 9.93. The lowest BCUT2D eigenvalue weighted by molar-refractivity contribution is 0.464. The number of aryl methyl sites for hydroxylation is 1. The van der Waals surface area contributed by atoms with Crippen LogP contribution in [-0.4, -0.2) is 13.5 Å². The van der Waals surface area contributed by atoms with E-state index in [1.165, 1.54) is 0 Å². The molecule has 0 radical (unpaired) electrons. The predicted octanol–water partition coefficient (Wildman–Crippen LogP) is 4.92. The first-order valence-corrected chi connectivity index (χ1v) is 10.8. The van der Waals surface area contributed by atoms with Crippen LogP contribution in [0, 0.1) is 6.92 Å². The molecule has 4 aromatic carbocycles. The summed E-state index contributed by atoms with van der Waals surface area (Å²) in [5.74, 6) is 0.0455. The van der Waals surface area contributed by atoms with E-state index < -0.39 is 16.1 Å². The zero-order chi connectivity index (χ0) is 20.4. The van der Waals surface area contributed by atoms with Crippen molar-refractivity contribution in [1.29, 1.82) is 0 Å². The van der Waals surface area contributed by atoms with Crippen molar-refractivity contribution in [3.63, 3.8) is 0 Å². The number of phenolic OH excluding ortho intramolecular Hbond substituents is 1. The van der Waals surface area contributed by atoms with E-state index in [-0.39, 0.29) is 10.6 Å². The monoisotopic (exact) mass is 403 g/mol. The highest BCUT2D eigenvalue weighted by Crippen LogP contribution is 2.36. The minimum atomic E-state index is -3.82. The lowest BCUT2D eigenvalue weighted by Gasteiger charge is -2.22. The second-order valence-corrected chi connectivity index (χ2v) is 8.71. The number of nitrogens with one attached hydrogen (secondary N) is 1. The van der Waals surface area contributed by atoms with Gasteiger partial charge in [0.1, 0.15) is 5.75 Å². The largest absolute Gasteiger partial charge is 0.508 e. The van der Waals surface area contributed by atoms with Gasteiger partial charge in [0, 0.05) is 5.56 Å². The van der Waals surface area contributed by atoms with Gasteiger partial charge in [-0.15, -0.1) is 0 Å². The number of rotatable bonds is 5. The van der Waals surface area contributed by atoms with Gasteiger partial charge in [-0.1, -0.05) is 78.4 Å². The van der Waals surface area contributed by atoms with E-state index in [0.717, 1.165) is 21.9 Å². The van der Waals surface area contributed by atoms with Crippen LogP contribution in [0.5, 0.6) is 5.75 Å². The molecule has 0 fully saturated rings. The lowest BCUT2D eigenvalue weighted by Crippen LogP contribution is -2.29. The Labute approximate surface area is 170 Å². The number of aromatic hydroxyl groups is 1.